The topological polar surface area (TPSA) is 96.5 Å². The fourth-order valence-corrected chi connectivity index (χ4v) is 3.80. The van der Waals surface area contributed by atoms with Gasteiger partial charge in [0.15, 0.2) is 11.5 Å². The lowest BCUT2D eigenvalue weighted by atomic mass is 9.95. The molecular formula is C21H18Cl2N4O4. The maximum absolute atomic E-state index is 12.7. The van der Waals surface area contributed by atoms with Crippen LogP contribution in [0.4, 0.5) is 0 Å². The summed E-state index contributed by atoms with van der Waals surface area (Å²) in [7, 11) is 3.05. The Morgan fingerprint density at radius 1 is 1.10 bits per heavy atom. The van der Waals surface area contributed by atoms with Gasteiger partial charge in [-0.15, -0.1) is 11.6 Å². The minimum absolute atomic E-state index is 0.196. The van der Waals surface area contributed by atoms with E-state index >= 15 is 0 Å². The van der Waals surface area contributed by atoms with Gasteiger partial charge < -0.3 is 9.47 Å². The van der Waals surface area contributed by atoms with E-state index < -0.39 is 23.2 Å². The average molecular weight is 461 g/mol. The van der Waals surface area contributed by atoms with Gasteiger partial charge in [0, 0.05) is 10.6 Å². The van der Waals surface area contributed by atoms with Gasteiger partial charge in [0.1, 0.15) is 17.1 Å². The number of benzene rings is 2. The number of H-pyrrole nitrogens is 1. The first kappa shape index (κ1) is 21.0. The van der Waals surface area contributed by atoms with Crippen LogP contribution in [-0.4, -0.2) is 46.6 Å². The van der Waals surface area contributed by atoms with Crippen molar-refractivity contribution in [2.75, 3.05) is 14.2 Å². The molecule has 31 heavy (non-hydrogen) atoms. The third-order valence-corrected chi connectivity index (χ3v) is 5.64. The third-order valence-electron chi connectivity index (χ3n) is 4.96. The molecule has 1 aliphatic rings. The molecule has 1 aliphatic heterocycles. The lowest BCUT2D eigenvalue weighted by molar-refractivity contribution is -0.149. The first-order valence-electron chi connectivity index (χ1n) is 9.24. The van der Waals surface area contributed by atoms with Crippen molar-refractivity contribution in [3.8, 4) is 22.8 Å². The monoisotopic (exact) mass is 460 g/mol. The maximum Gasteiger partial charge on any atom is 0.287 e. The van der Waals surface area contributed by atoms with E-state index in [1.54, 1.807) is 48.5 Å². The second-order valence-corrected chi connectivity index (χ2v) is 7.69. The number of methoxy groups -OCH3 is 2. The standard InChI is InChI=1S/C21H18Cl2N4O4/c1-30-16-8-5-12(9-17(16)31-2)19-18(23)21(29)27(19)26-20(28)15-10-14(24-25-15)11-3-6-13(22)7-4-11/h3-10,18-19H,1-2H3,(H,24,25)(H,26,28)/t18-,19-/m1/s1. The predicted octanol–water partition coefficient (Wildman–Crippen LogP) is 3.58. The van der Waals surface area contributed by atoms with Crippen LogP contribution in [0.5, 0.6) is 11.5 Å². The zero-order valence-electron chi connectivity index (χ0n) is 16.6. The molecule has 10 heteroatoms. The summed E-state index contributed by atoms with van der Waals surface area (Å²) < 4.78 is 10.6. The maximum atomic E-state index is 12.7. The zero-order chi connectivity index (χ0) is 22.1. The van der Waals surface area contributed by atoms with Crippen LogP contribution in [0.1, 0.15) is 22.1 Å². The Balaban J connectivity index is 1.52. The van der Waals surface area contributed by atoms with Crippen molar-refractivity contribution in [2.24, 2.45) is 0 Å². The fraction of sp³-hybridized carbons (Fsp3) is 0.190. The molecule has 160 valence electrons. The van der Waals surface area contributed by atoms with Crippen LogP contribution in [0.2, 0.25) is 5.02 Å². The van der Waals surface area contributed by atoms with Crippen molar-refractivity contribution in [1.29, 1.82) is 0 Å². The van der Waals surface area contributed by atoms with E-state index in [0.717, 1.165) is 5.56 Å². The molecule has 2 N–H and O–H groups in total. The van der Waals surface area contributed by atoms with E-state index in [1.165, 1.54) is 19.2 Å². The molecule has 0 bridgehead atoms. The van der Waals surface area contributed by atoms with Crippen LogP contribution >= 0.6 is 23.2 Å². The lowest BCUT2D eigenvalue weighted by Gasteiger charge is -2.43. The van der Waals surface area contributed by atoms with Gasteiger partial charge in [0.05, 0.1) is 19.9 Å². The van der Waals surface area contributed by atoms with Gasteiger partial charge in [0.25, 0.3) is 11.8 Å². The summed E-state index contributed by atoms with van der Waals surface area (Å²) in [6, 6.07) is 13.3. The number of rotatable bonds is 6. The molecule has 2 amide bonds. The van der Waals surface area contributed by atoms with Gasteiger partial charge in [0.2, 0.25) is 0 Å². The molecule has 0 spiro atoms. The number of nitrogens with zero attached hydrogens (tertiary/aromatic N) is 2. The van der Waals surface area contributed by atoms with E-state index in [4.69, 9.17) is 32.7 Å². The number of amides is 2. The Bertz CT molecular complexity index is 1130. The highest BCUT2D eigenvalue weighted by Crippen LogP contribution is 2.40. The highest BCUT2D eigenvalue weighted by atomic mass is 35.5. The number of hydrogen-bond donors (Lipinski definition) is 2. The second kappa shape index (κ2) is 8.49. The van der Waals surface area contributed by atoms with E-state index in [2.05, 4.69) is 15.6 Å². The number of alkyl halides is 1. The summed E-state index contributed by atoms with van der Waals surface area (Å²) in [5.41, 5.74) is 4.86. The molecule has 0 aliphatic carbocycles. The molecule has 0 saturated carbocycles. The van der Waals surface area contributed by atoms with Gasteiger partial charge in [-0.3, -0.25) is 20.1 Å². The molecule has 2 atom stereocenters. The number of aromatic nitrogens is 2. The van der Waals surface area contributed by atoms with Gasteiger partial charge in [-0.1, -0.05) is 29.8 Å². The molecule has 8 nitrogen and oxygen atoms in total. The highest BCUT2D eigenvalue weighted by molar-refractivity contribution is 6.33. The van der Waals surface area contributed by atoms with E-state index in [9.17, 15) is 9.59 Å². The Morgan fingerprint density at radius 2 is 1.81 bits per heavy atom. The smallest absolute Gasteiger partial charge is 0.287 e. The van der Waals surface area contributed by atoms with E-state index in [-0.39, 0.29) is 5.69 Å². The minimum Gasteiger partial charge on any atom is -0.493 e. The number of halogens is 2. The lowest BCUT2D eigenvalue weighted by Crippen LogP contribution is -2.63. The molecular weight excluding hydrogens is 443 g/mol. The van der Waals surface area contributed by atoms with Crippen LogP contribution in [0.25, 0.3) is 11.3 Å². The summed E-state index contributed by atoms with van der Waals surface area (Å²) in [5, 5.41) is 7.82. The molecule has 0 unspecified atom stereocenters. The zero-order valence-corrected chi connectivity index (χ0v) is 18.1. The number of hydrogen-bond acceptors (Lipinski definition) is 5. The summed E-state index contributed by atoms with van der Waals surface area (Å²) in [5.74, 6) is 0.115. The average Bonchev–Trinajstić information content (AvgIpc) is 3.29. The van der Waals surface area contributed by atoms with Crippen molar-refractivity contribution in [3.05, 3.63) is 64.8 Å². The van der Waals surface area contributed by atoms with Crippen LogP contribution in [0, 0.1) is 0 Å². The number of carbonyl (C=O) groups excluding carboxylic acids is 2. The van der Waals surface area contributed by atoms with Gasteiger partial charge in [-0.25, -0.2) is 5.01 Å². The van der Waals surface area contributed by atoms with Crippen LogP contribution in [0.15, 0.2) is 48.5 Å². The Kier molecular flexibility index (Phi) is 5.75. The van der Waals surface area contributed by atoms with Crippen molar-refractivity contribution < 1.29 is 19.1 Å². The van der Waals surface area contributed by atoms with Gasteiger partial charge >= 0.3 is 0 Å². The predicted molar refractivity (Wildman–Crippen MR) is 115 cm³/mol. The first-order chi connectivity index (χ1) is 14.9. The molecule has 1 fully saturated rings. The first-order valence-corrected chi connectivity index (χ1v) is 10.1. The molecule has 2 heterocycles. The largest absolute Gasteiger partial charge is 0.493 e. The van der Waals surface area contributed by atoms with Crippen molar-refractivity contribution in [2.45, 2.75) is 11.4 Å². The minimum atomic E-state index is -0.815. The van der Waals surface area contributed by atoms with Crippen LogP contribution in [0.3, 0.4) is 0 Å². The molecule has 2 aromatic carbocycles. The normalized spacial score (nSPS) is 17.8. The quantitative estimate of drug-likeness (QED) is 0.432. The molecule has 1 aromatic heterocycles. The van der Waals surface area contributed by atoms with Crippen molar-refractivity contribution in [1.82, 2.24) is 20.6 Å². The molecule has 1 saturated heterocycles. The summed E-state index contributed by atoms with van der Waals surface area (Å²) >= 11 is 12.1. The highest BCUT2D eigenvalue weighted by Gasteiger charge is 2.48. The van der Waals surface area contributed by atoms with Crippen LogP contribution in [-0.2, 0) is 4.79 Å². The summed E-state index contributed by atoms with van der Waals surface area (Å²) in [6.07, 6.45) is 0. The summed E-state index contributed by atoms with van der Waals surface area (Å²) in [4.78, 5) is 25.0. The Morgan fingerprint density at radius 3 is 2.48 bits per heavy atom. The second-order valence-electron chi connectivity index (χ2n) is 6.78. The van der Waals surface area contributed by atoms with Gasteiger partial charge in [-0.2, -0.15) is 5.10 Å². The van der Waals surface area contributed by atoms with Crippen molar-refractivity contribution in [3.63, 3.8) is 0 Å². The number of nitrogens with one attached hydrogen (secondary N) is 2. The number of β-lactam (4-membered cyclic amide) rings is 1. The molecule has 0 radical (unpaired) electrons. The molecule has 3 aromatic rings. The van der Waals surface area contributed by atoms with Crippen molar-refractivity contribution >= 4 is 35.0 Å². The number of ether oxygens (including phenoxy) is 2. The number of carbonyl (C=O) groups is 2. The SMILES string of the molecule is COc1ccc([C@@H]2[C@@H](Cl)C(=O)N2NC(=O)c2cc(-c3ccc(Cl)cc3)n[nH]2)cc1OC. The third kappa shape index (κ3) is 3.92. The van der Waals surface area contributed by atoms with E-state index in [0.29, 0.717) is 27.8 Å². The number of hydrazine groups is 1. The van der Waals surface area contributed by atoms with E-state index in [1.807, 2.05) is 0 Å². The van der Waals surface area contributed by atoms with Gasteiger partial charge in [-0.05, 0) is 35.9 Å². The Hall–Kier alpha value is -3.23. The fourth-order valence-electron chi connectivity index (χ4n) is 3.31. The van der Waals surface area contributed by atoms with Crippen LogP contribution < -0.4 is 14.9 Å². The Labute approximate surface area is 188 Å². The molecule has 4 rings (SSSR count). The summed E-state index contributed by atoms with van der Waals surface area (Å²) in [6.45, 7) is 0. The number of aromatic amines is 1.